The van der Waals surface area contributed by atoms with Gasteiger partial charge in [-0.2, -0.15) is 0 Å². The first-order valence-corrected chi connectivity index (χ1v) is 18.9. The molecule has 0 aliphatic carbocycles. The van der Waals surface area contributed by atoms with E-state index in [1.165, 1.54) is 0 Å². The minimum absolute atomic E-state index is 0.0753. The minimum atomic E-state index is -0.444. The molecular formula is C43H55N3O12. The van der Waals surface area contributed by atoms with Crippen molar-refractivity contribution in [3.8, 4) is 34.5 Å². The van der Waals surface area contributed by atoms with Crippen molar-refractivity contribution in [3.05, 3.63) is 118 Å². The molecule has 3 atom stereocenters. The average molecular weight is 806 g/mol. The van der Waals surface area contributed by atoms with Crippen LogP contribution in [0.15, 0.2) is 90.0 Å². The second-order valence-corrected chi connectivity index (χ2v) is 12.8. The molecule has 0 aliphatic rings. The third-order valence-corrected chi connectivity index (χ3v) is 8.17. The molecule has 0 saturated heterocycles. The van der Waals surface area contributed by atoms with Crippen molar-refractivity contribution in [1.82, 2.24) is 0 Å². The largest absolute Gasteiger partial charge is 0.485 e. The maximum absolute atomic E-state index is 9.12. The summed E-state index contributed by atoms with van der Waals surface area (Å²) < 4.78 is 68.8. The van der Waals surface area contributed by atoms with Gasteiger partial charge in [0, 0.05) is 26.2 Å². The van der Waals surface area contributed by atoms with Gasteiger partial charge in [0.2, 0.25) is 5.75 Å². The smallest absolute Gasteiger partial charge is 0.203 e. The zero-order chi connectivity index (χ0) is 41.4. The predicted octanol–water partition coefficient (Wildman–Crippen LogP) is 8.40. The minimum Gasteiger partial charge on any atom is -0.485 e. The third kappa shape index (κ3) is 16.7. The predicted molar refractivity (Wildman–Crippen MR) is 215 cm³/mol. The summed E-state index contributed by atoms with van der Waals surface area (Å²) >= 11 is 0. The van der Waals surface area contributed by atoms with E-state index in [0.717, 1.165) is 16.7 Å². The van der Waals surface area contributed by atoms with Gasteiger partial charge in [0.05, 0.1) is 46.2 Å². The van der Waals surface area contributed by atoms with Crippen LogP contribution in [0.5, 0.6) is 34.5 Å². The van der Waals surface area contributed by atoms with Gasteiger partial charge in [0.1, 0.15) is 37.1 Å². The third-order valence-electron chi connectivity index (χ3n) is 8.17. The molecule has 58 heavy (non-hydrogen) atoms. The number of nitrogens with zero attached hydrogens (tertiary/aromatic N) is 3. The Morgan fingerprint density at radius 2 is 0.828 bits per heavy atom. The maximum Gasteiger partial charge on any atom is 0.203 e. The molecule has 0 spiro atoms. The second-order valence-electron chi connectivity index (χ2n) is 12.8. The standard InChI is InChI=1S/C43H55N3O12/c1-31(50-22-19-47-4)56-38-13-7-34(8-14-38)28-53-41-25-37(27-45-46-44)26-42(54-29-35-9-15-39(16-10-35)57-32(2)51-23-20-48-5)43(41)55-30-36-11-17-40(18-12-36)58-33(3)52-24-21-49-6/h7-18,25-26,31-33H,19-24,27-30H2,1-6H3. The molecule has 4 aromatic rings. The van der Waals surface area contributed by atoms with Crippen molar-refractivity contribution < 1.29 is 56.8 Å². The molecule has 0 N–H and O–H groups in total. The second kappa shape index (κ2) is 25.9. The molecular weight excluding hydrogens is 750 g/mol. The van der Waals surface area contributed by atoms with E-state index in [9.17, 15) is 0 Å². The van der Waals surface area contributed by atoms with Crippen LogP contribution in [0.2, 0.25) is 0 Å². The van der Waals surface area contributed by atoms with Gasteiger partial charge >= 0.3 is 0 Å². The molecule has 0 heterocycles. The van der Waals surface area contributed by atoms with Crippen molar-refractivity contribution in [2.75, 3.05) is 61.0 Å². The molecule has 15 nitrogen and oxygen atoms in total. The van der Waals surface area contributed by atoms with Gasteiger partial charge in [-0.25, -0.2) is 0 Å². The Kier molecular flexibility index (Phi) is 20.3. The SMILES string of the molecule is COCCOC(C)Oc1ccc(COc2cc(CN=[N+]=[N-])cc(OCc3ccc(OC(C)OCCOC)cc3)c2OCc2ccc(OC(C)OCCOC)cc2)cc1. The van der Waals surface area contributed by atoms with Crippen molar-refractivity contribution in [3.63, 3.8) is 0 Å². The first kappa shape index (κ1) is 45.5. The number of hydrogen-bond acceptors (Lipinski definition) is 13. The molecule has 0 aromatic heterocycles. The fourth-order valence-corrected chi connectivity index (χ4v) is 5.23. The highest BCUT2D eigenvalue weighted by Gasteiger charge is 2.18. The van der Waals surface area contributed by atoms with Crippen LogP contribution in [0.3, 0.4) is 0 Å². The lowest BCUT2D eigenvalue weighted by Gasteiger charge is -2.19. The van der Waals surface area contributed by atoms with E-state index in [2.05, 4.69) is 10.0 Å². The molecule has 0 saturated carbocycles. The highest BCUT2D eigenvalue weighted by Crippen LogP contribution is 2.41. The van der Waals surface area contributed by atoms with Gasteiger partial charge in [-0.3, -0.25) is 0 Å². The number of benzene rings is 4. The summed E-state index contributed by atoms with van der Waals surface area (Å²) in [7, 11) is 4.86. The monoisotopic (exact) mass is 805 g/mol. The lowest BCUT2D eigenvalue weighted by molar-refractivity contribution is -0.0798. The molecule has 0 aliphatic heterocycles. The van der Waals surface area contributed by atoms with E-state index in [1.807, 2.05) is 93.6 Å². The Morgan fingerprint density at radius 3 is 1.16 bits per heavy atom. The van der Waals surface area contributed by atoms with E-state index in [0.29, 0.717) is 79.7 Å². The number of methoxy groups -OCH3 is 3. The molecule has 4 rings (SSSR count). The summed E-state index contributed by atoms with van der Waals surface area (Å²) in [6, 6.07) is 26.1. The zero-order valence-electron chi connectivity index (χ0n) is 34.1. The van der Waals surface area contributed by atoms with Gasteiger partial charge < -0.3 is 56.8 Å². The summed E-state index contributed by atoms with van der Waals surface area (Å²) in [4.78, 5) is 2.95. The normalized spacial score (nSPS) is 12.5. The molecule has 0 amide bonds. The lowest BCUT2D eigenvalue weighted by Crippen LogP contribution is -2.18. The Morgan fingerprint density at radius 1 is 0.483 bits per heavy atom. The van der Waals surface area contributed by atoms with Crippen LogP contribution in [0.4, 0.5) is 0 Å². The highest BCUT2D eigenvalue weighted by molar-refractivity contribution is 5.54. The van der Waals surface area contributed by atoms with Crippen LogP contribution in [0, 0.1) is 0 Å². The fraction of sp³-hybridized carbons (Fsp3) is 0.442. The molecule has 314 valence electrons. The molecule has 0 radical (unpaired) electrons. The lowest BCUT2D eigenvalue weighted by atomic mass is 10.1. The van der Waals surface area contributed by atoms with Crippen molar-refractivity contribution in [1.29, 1.82) is 0 Å². The van der Waals surface area contributed by atoms with Gasteiger partial charge in [0.25, 0.3) is 0 Å². The van der Waals surface area contributed by atoms with Crippen molar-refractivity contribution >= 4 is 0 Å². The van der Waals surface area contributed by atoms with Gasteiger partial charge in [-0.05, 0) is 97.1 Å². The summed E-state index contributed by atoms with van der Waals surface area (Å²) in [5, 5.41) is 3.79. The summed E-state index contributed by atoms with van der Waals surface area (Å²) in [6.07, 6.45) is -1.33. The van der Waals surface area contributed by atoms with E-state index < -0.39 is 18.9 Å². The van der Waals surface area contributed by atoms with Crippen LogP contribution in [-0.4, -0.2) is 79.8 Å². The van der Waals surface area contributed by atoms with Gasteiger partial charge in [-0.15, -0.1) is 0 Å². The van der Waals surface area contributed by atoms with Crippen LogP contribution in [0.1, 0.15) is 43.0 Å². The Bertz CT molecular complexity index is 1700. The number of ether oxygens (including phenoxy) is 12. The van der Waals surface area contributed by atoms with Gasteiger partial charge in [-0.1, -0.05) is 41.5 Å². The van der Waals surface area contributed by atoms with Crippen molar-refractivity contribution in [2.45, 2.75) is 66.0 Å². The first-order chi connectivity index (χ1) is 28.3. The Labute approximate surface area is 340 Å². The molecule has 0 bridgehead atoms. The average Bonchev–Trinajstić information content (AvgIpc) is 3.22. The Hall–Kier alpha value is -5.25. The van der Waals surface area contributed by atoms with Crippen LogP contribution in [0.25, 0.3) is 10.4 Å². The molecule has 0 fully saturated rings. The van der Waals surface area contributed by atoms with Crippen LogP contribution < -0.4 is 28.4 Å². The fourth-order valence-electron chi connectivity index (χ4n) is 5.23. The summed E-state index contributed by atoms with van der Waals surface area (Å²) in [6.45, 7) is 8.86. The number of hydrogen-bond donors (Lipinski definition) is 0. The topological polar surface area (TPSA) is 160 Å². The van der Waals surface area contributed by atoms with E-state index in [1.54, 1.807) is 33.5 Å². The number of rotatable bonds is 29. The van der Waals surface area contributed by atoms with E-state index in [-0.39, 0.29) is 26.4 Å². The number of azide groups is 1. The molecule has 3 unspecified atom stereocenters. The quantitative estimate of drug-likeness (QED) is 0.0170. The first-order valence-electron chi connectivity index (χ1n) is 18.9. The molecule has 4 aromatic carbocycles. The summed E-state index contributed by atoms with van der Waals surface area (Å²) in [5.74, 6) is 3.16. The van der Waals surface area contributed by atoms with Crippen LogP contribution >= 0.6 is 0 Å². The molecule has 15 heteroatoms. The highest BCUT2D eigenvalue weighted by atomic mass is 16.7. The van der Waals surface area contributed by atoms with E-state index >= 15 is 0 Å². The Balaban J connectivity index is 1.53. The van der Waals surface area contributed by atoms with Gasteiger partial charge in [0.15, 0.2) is 30.4 Å². The van der Waals surface area contributed by atoms with E-state index in [4.69, 9.17) is 62.4 Å². The van der Waals surface area contributed by atoms with Crippen molar-refractivity contribution in [2.24, 2.45) is 5.11 Å². The summed E-state index contributed by atoms with van der Waals surface area (Å²) in [5.41, 5.74) is 12.4. The maximum atomic E-state index is 9.12. The van der Waals surface area contributed by atoms with Crippen LogP contribution in [-0.2, 0) is 54.8 Å². The zero-order valence-corrected chi connectivity index (χ0v) is 34.1.